The molecular weight excluding hydrogens is 170 g/mol. The van der Waals surface area contributed by atoms with E-state index in [0.29, 0.717) is 13.0 Å². The van der Waals surface area contributed by atoms with Crippen molar-refractivity contribution in [3.63, 3.8) is 0 Å². The first-order valence-electron chi connectivity index (χ1n) is 4.83. The van der Waals surface area contributed by atoms with Crippen LogP contribution in [0.3, 0.4) is 0 Å². The van der Waals surface area contributed by atoms with E-state index in [1.54, 1.807) is 0 Å². The summed E-state index contributed by atoms with van der Waals surface area (Å²) in [5.74, 6) is -0.724. The number of carboxylic acid groups (broad SMARTS) is 1. The molecule has 76 valence electrons. The Morgan fingerprint density at radius 3 is 2.85 bits per heavy atom. The molecule has 0 bridgehead atoms. The van der Waals surface area contributed by atoms with Crippen molar-refractivity contribution in [3.8, 4) is 0 Å². The van der Waals surface area contributed by atoms with Crippen LogP contribution in [0.2, 0.25) is 0 Å². The fraction of sp³-hybridized carbons (Fsp3) is 0.889. The normalized spacial score (nSPS) is 24.5. The highest BCUT2D eigenvalue weighted by Gasteiger charge is 2.27. The quantitative estimate of drug-likeness (QED) is 0.665. The van der Waals surface area contributed by atoms with E-state index in [4.69, 9.17) is 10.2 Å². The third-order valence-electron chi connectivity index (χ3n) is 2.50. The standard InChI is InChI=1S/C9H17NO3/c11-7-3-6-10-5-2-1-4-8(10)9(12)13/h8,11H,1-7H2,(H,12,13). The van der Waals surface area contributed by atoms with Crippen molar-refractivity contribution in [3.05, 3.63) is 0 Å². The zero-order valence-corrected chi connectivity index (χ0v) is 7.78. The average molecular weight is 187 g/mol. The Balaban J connectivity index is 2.41. The van der Waals surface area contributed by atoms with Gasteiger partial charge in [0.15, 0.2) is 0 Å². The zero-order chi connectivity index (χ0) is 9.68. The predicted octanol–water partition coefficient (Wildman–Crippen LogP) is 0.308. The summed E-state index contributed by atoms with van der Waals surface area (Å²) in [4.78, 5) is 12.8. The molecule has 1 rings (SSSR count). The monoisotopic (exact) mass is 187 g/mol. The van der Waals surface area contributed by atoms with Crippen molar-refractivity contribution < 1.29 is 15.0 Å². The summed E-state index contributed by atoms with van der Waals surface area (Å²) in [6, 6.07) is -0.319. The van der Waals surface area contributed by atoms with Crippen LogP contribution in [0.25, 0.3) is 0 Å². The third kappa shape index (κ3) is 2.97. The molecule has 1 fully saturated rings. The molecule has 0 aromatic rings. The molecule has 1 saturated heterocycles. The molecule has 4 nitrogen and oxygen atoms in total. The van der Waals surface area contributed by atoms with Gasteiger partial charge in [-0.1, -0.05) is 6.42 Å². The molecule has 0 radical (unpaired) electrons. The maximum atomic E-state index is 10.8. The van der Waals surface area contributed by atoms with E-state index >= 15 is 0 Å². The van der Waals surface area contributed by atoms with E-state index in [9.17, 15) is 4.79 Å². The van der Waals surface area contributed by atoms with Gasteiger partial charge in [-0.25, -0.2) is 0 Å². The number of carboxylic acids is 1. The minimum Gasteiger partial charge on any atom is -0.480 e. The first-order chi connectivity index (χ1) is 6.25. The van der Waals surface area contributed by atoms with Crippen molar-refractivity contribution in [1.82, 2.24) is 4.90 Å². The molecule has 0 amide bonds. The number of carbonyl (C=O) groups is 1. The number of piperidine rings is 1. The van der Waals surface area contributed by atoms with Crippen LogP contribution in [0.5, 0.6) is 0 Å². The molecule has 0 aliphatic carbocycles. The summed E-state index contributed by atoms with van der Waals surface area (Å²) in [7, 11) is 0. The van der Waals surface area contributed by atoms with E-state index < -0.39 is 5.97 Å². The Morgan fingerprint density at radius 2 is 2.23 bits per heavy atom. The average Bonchev–Trinajstić information content (AvgIpc) is 2.15. The Morgan fingerprint density at radius 1 is 1.46 bits per heavy atom. The number of hydrogen-bond donors (Lipinski definition) is 2. The summed E-state index contributed by atoms with van der Waals surface area (Å²) in [5.41, 5.74) is 0. The van der Waals surface area contributed by atoms with Crippen molar-refractivity contribution in [2.24, 2.45) is 0 Å². The van der Waals surface area contributed by atoms with Gasteiger partial charge >= 0.3 is 5.97 Å². The smallest absolute Gasteiger partial charge is 0.320 e. The first kappa shape index (κ1) is 10.5. The number of aliphatic hydroxyl groups is 1. The van der Waals surface area contributed by atoms with Crippen LogP contribution in [-0.2, 0) is 4.79 Å². The molecule has 13 heavy (non-hydrogen) atoms. The minimum atomic E-state index is -0.724. The number of aliphatic carboxylic acids is 1. The molecule has 1 unspecified atom stereocenters. The van der Waals surface area contributed by atoms with Gasteiger partial charge in [-0.2, -0.15) is 0 Å². The second-order valence-corrected chi connectivity index (χ2v) is 3.46. The van der Waals surface area contributed by atoms with Crippen LogP contribution in [0, 0.1) is 0 Å². The topological polar surface area (TPSA) is 60.8 Å². The maximum Gasteiger partial charge on any atom is 0.320 e. The Hall–Kier alpha value is -0.610. The molecule has 1 heterocycles. The minimum absolute atomic E-state index is 0.142. The number of likely N-dealkylation sites (tertiary alicyclic amines) is 1. The van der Waals surface area contributed by atoms with Gasteiger partial charge in [-0.05, 0) is 25.8 Å². The highest BCUT2D eigenvalue weighted by atomic mass is 16.4. The summed E-state index contributed by atoms with van der Waals surface area (Å²) in [6.07, 6.45) is 3.51. The van der Waals surface area contributed by atoms with Crippen LogP contribution < -0.4 is 0 Å². The van der Waals surface area contributed by atoms with Gasteiger partial charge in [0.05, 0.1) is 0 Å². The van der Waals surface area contributed by atoms with Gasteiger partial charge in [-0.3, -0.25) is 9.69 Å². The largest absolute Gasteiger partial charge is 0.480 e. The fourth-order valence-electron chi connectivity index (χ4n) is 1.81. The van der Waals surface area contributed by atoms with E-state index in [0.717, 1.165) is 25.8 Å². The molecule has 0 aromatic heterocycles. The van der Waals surface area contributed by atoms with E-state index in [-0.39, 0.29) is 12.6 Å². The van der Waals surface area contributed by atoms with Gasteiger partial charge in [0.25, 0.3) is 0 Å². The maximum absolute atomic E-state index is 10.8. The predicted molar refractivity (Wildman–Crippen MR) is 48.6 cm³/mol. The van der Waals surface area contributed by atoms with Crippen LogP contribution in [0.1, 0.15) is 25.7 Å². The molecule has 0 saturated carbocycles. The van der Waals surface area contributed by atoms with Crippen molar-refractivity contribution in [2.45, 2.75) is 31.7 Å². The fourth-order valence-corrected chi connectivity index (χ4v) is 1.81. The molecule has 0 aromatic carbocycles. The van der Waals surface area contributed by atoms with Crippen molar-refractivity contribution in [2.75, 3.05) is 19.7 Å². The molecule has 1 aliphatic rings. The summed E-state index contributed by atoms with van der Waals surface area (Å²) in [6.45, 7) is 1.70. The van der Waals surface area contributed by atoms with Crippen molar-refractivity contribution >= 4 is 5.97 Å². The van der Waals surface area contributed by atoms with Crippen LogP contribution in [0.15, 0.2) is 0 Å². The van der Waals surface area contributed by atoms with Gasteiger partial charge in [0, 0.05) is 13.2 Å². The number of nitrogens with zero attached hydrogens (tertiary/aromatic N) is 1. The molecule has 1 aliphatic heterocycles. The van der Waals surface area contributed by atoms with E-state index in [1.807, 2.05) is 4.90 Å². The summed E-state index contributed by atoms with van der Waals surface area (Å²) < 4.78 is 0. The molecular formula is C9H17NO3. The molecule has 2 N–H and O–H groups in total. The SMILES string of the molecule is O=C(O)C1CCCCN1CCCO. The number of aliphatic hydroxyl groups excluding tert-OH is 1. The lowest BCUT2D eigenvalue weighted by molar-refractivity contribution is -0.144. The lowest BCUT2D eigenvalue weighted by atomic mass is 10.0. The molecule has 1 atom stereocenters. The van der Waals surface area contributed by atoms with Crippen LogP contribution in [0.4, 0.5) is 0 Å². The third-order valence-corrected chi connectivity index (χ3v) is 2.50. The highest BCUT2D eigenvalue weighted by Crippen LogP contribution is 2.16. The lowest BCUT2D eigenvalue weighted by Crippen LogP contribution is -2.45. The van der Waals surface area contributed by atoms with Gasteiger partial charge in [0.1, 0.15) is 6.04 Å². The second kappa shape index (κ2) is 5.19. The Kier molecular flexibility index (Phi) is 4.18. The second-order valence-electron chi connectivity index (χ2n) is 3.46. The van der Waals surface area contributed by atoms with E-state index in [2.05, 4.69) is 0 Å². The molecule has 4 heteroatoms. The number of rotatable bonds is 4. The Bertz CT molecular complexity index is 172. The highest BCUT2D eigenvalue weighted by molar-refractivity contribution is 5.73. The van der Waals surface area contributed by atoms with Crippen LogP contribution in [-0.4, -0.2) is 46.8 Å². The van der Waals surface area contributed by atoms with E-state index in [1.165, 1.54) is 0 Å². The van der Waals surface area contributed by atoms with Gasteiger partial charge in [0.2, 0.25) is 0 Å². The van der Waals surface area contributed by atoms with Gasteiger partial charge in [-0.15, -0.1) is 0 Å². The van der Waals surface area contributed by atoms with Gasteiger partial charge < -0.3 is 10.2 Å². The van der Waals surface area contributed by atoms with Crippen molar-refractivity contribution in [1.29, 1.82) is 0 Å². The number of hydrogen-bond acceptors (Lipinski definition) is 3. The molecule has 0 spiro atoms. The first-order valence-corrected chi connectivity index (χ1v) is 4.83. The summed E-state index contributed by atoms with van der Waals surface area (Å²) in [5, 5.41) is 17.6. The zero-order valence-electron chi connectivity index (χ0n) is 7.78. The van der Waals surface area contributed by atoms with Crippen LogP contribution >= 0.6 is 0 Å². The Labute approximate surface area is 78.2 Å². The lowest BCUT2D eigenvalue weighted by Gasteiger charge is -2.32. The summed E-state index contributed by atoms with van der Waals surface area (Å²) >= 11 is 0.